The number of ether oxygens (including phenoxy) is 1. The predicted octanol–water partition coefficient (Wildman–Crippen LogP) is 2.36. The smallest absolute Gasteiger partial charge is 0.191 e. The molecule has 22 heavy (non-hydrogen) atoms. The lowest BCUT2D eigenvalue weighted by Gasteiger charge is -2.42. The lowest BCUT2D eigenvalue weighted by molar-refractivity contribution is 0.0732. The number of aliphatic imine (C=N–C) groups is 1. The van der Waals surface area contributed by atoms with E-state index in [1.54, 1.807) is 7.11 Å². The summed E-state index contributed by atoms with van der Waals surface area (Å²) >= 11 is 0. The maximum absolute atomic E-state index is 5.24. The molecule has 0 aliphatic heterocycles. The van der Waals surface area contributed by atoms with Gasteiger partial charge in [0.25, 0.3) is 0 Å². The van der Waals surface area contributed by atoms with Crippen molar-refractivity contribution < 1.29 is 4.74 Å². The minimum absolute atomic E-state index is 0. The molecule has 1 saturated carbocycles. The van der Waals surface area contributed by atoms with Crippen molar-refractivity contribution in [1.29, 1.82) is 0 Å². The average molecular weight is 426 g/mol. The van der Waals surface area contributed by atoms with Gasteiger partial charge in [0.15, 0.2) is 5.96 Å². The van der Waals surface area contributed by atoms with E-state index in [1.807, 2.05) is 7.05 Å². The van der Waals surface area contributed by atoms with Crippen LogP contribution in [0.15, 0.2) is 4.99 Å². The molecule has 1 aliphatic rings. The first kappa shape index (κ1) is 21.9. The van der Waals surface area contributed by atoms with Gasteiger partial charge in [-0.1, -0.05) is 6.42 Å². The summed E-state index contributed by atoms with van der Waals surface area (Å²) in [5.41, 5.74) is 0.575. The molecule has 0 aromatic carbocycles. The van der Waals surface area contributed by atoms with Crippen LogP contribution >= 0.6 is 24.0 Å². The summed E-state index contributed by atoms with van der Waals surface area (Å²) < 4.78 is 5.24. The minimum Gasteiger partial charge on any atom is -0.385 e. The molecule has 0 spiro atoms. The van der Waals surface area contributed by atoms with Crippen LogP contribution in [0.3, 0.4) is 0 Å². The fraction of sp³-hybridized carbons (Fsp3) is 0.938. The molecule has 0 bridgehead atoms. The fourth-order valence-electron chi connectivity index (χ4n) is 2.62. The van der Waals surface area contributed by atoms with Gasteiger partial charge in [-0.25, -0.2) is 0 Å². The van der Waals surface area contributed by atoms with Crippen molar-refractivity contribution in [1.82, 2.24) is 16.0 Å². The van der Waals surface area contributed by atoms with Crippen molar-refractivity contribution in [3.8, 4) is 0 Å². The fourth-order valence-corrected chi connectivity index (χ4v) is 2.62. The van der Waals surface area contributed by atoms with Gasteiger partial charge in [-0.05, 0) is 45.4 Å². The second-order valence-corrected chi connectivity index (χ2v) is 7.13. The first-order chi connectivity index (χ1) is 9.91. The Morgan fingerprint density at radius 1 is 1.18 bits per heavy atom. The summed E-state index contributed by atoms with van der Waals surface area (Å²) in [6.07, 6.45) is 5.07. The second-order valence-electron chi connectivity index (χ2n) is 7.13. The Kier molecular flexibility index (Phi) is 10.6. The number of guanidine groups is 1. The van der Waals surface area contributed by atoms with Gasteiger partial charge in [0.05, 0.1) is 0 Å². The van der Waals surface area contributed by atoms with E-state index in [9.17, 15) is 0 Å². The lowest BCUT2D eigenvalue weighted by atomic mass is 9.67. The van der Waals surface area contributed by atoms with Crippen LogP contribution in [0, 0.1) is 5.41 Å². The van der Waals surface area contributed by atoms with Gasteiger partial charge in [0.1, 0.15) is 0 Å². The van der Waals surface area contributed by atoms with Gasteiger partial charge in [-0.2, -0.15) is 0 Å². The molecule has 5 nitrogen and oxygen atoms in total. The van der Waals surface area contributed by atoms with Crippen LogP contribution in [0.1, 0.15) is 46.5 Å². The summed E-state index contributed by atoms with van der Waals surface area (Å²) in [5.74, 6) is 0.898. The molecule has 0 heterocycles. The number of nitrogens with one attached hydrogen (secondary N) is 3. The Labute approximate surface area is 153 Å². The van der Waals surface area contributed by atoms with Gasteiger partial charge >= 0.3 is 0 Å². The first-order valence-electron chi connectivity index (χ1n) is 8.09. The molecule has 6 heteroatoms. The zero-order valence-corrected chi connectivity index (χ0v) is 17.3. The standard InChI is InChI=1S/C16H34N4O.HI/c1-15(2,3)20-11-10-18-14(17-4)19-13-16(7-6-8-16)9-12-21-5;/h20H,6-13H2,1-5H3,(H2,17,18,19);1H. The van der Waals surface area contributed by atoms with Crippen LogP contribution in [0.25, 0.3) is 0 Å². The highest BCUT2D eigenvalue weighted by Gasteiger charge is 2.36. The summed E-state index contributed by atoms with van der Waals surface area (Å²) in [7, 11) is 3.61. The average Bonchev–Trinajstić information content (AvgIpc) is 2.38. The van der Waals surface area contributed by atoms with E-state index in [2.05, 4.69) is 41.7 Å². The van der Waals surface area contributed by atoms with Crippen molar-refractivity contribution in [3.05, 3.63) is 0 Å². The highest BCUT2D eigenvalue weighted by atomic mass is 127. The van der Waals surface area contributed by atoms with E-state index in [4.69, 9.17) is 4.74 Å². The molecule has 0 amide bonds. The number of hydrogen-bond donors (Lipinski definition) is 3. The highest BCUT2D eigenvalue weighted by Crippen LogP contribution is 2.43. The number of hydrogen-bond acceptors (Lipinski definition) is 3. The zero-order chi connectivity index (χ0) is 15.8. The Hall–Kier alpha value is -0.0800. The molecule has 1 fully saturated rings. The Bertz CT molecular complexity index is 325. The van der Waals surface area contributed by atoms with Gasteiger partial charge < -0.3 is 20.7 Å². The quantitative estimate of drug-likeness (QED) is 0.242. The highest BCUT2D eigenvalue weighted by molar-refractivity contribution is 14.0. The molecule has 1 aliphatic carbocycles. The molecule has 0 unspecified atom stereocenters. The SMILES string of the molecule is CN=C(NCCNC(C)(C)C)NCC1(CCOC)CCC1.I. The third-order valence-electron chi connectivity index (χ3n) is 4.18. The monoisotopic (exact) mass is 426 g/mol. The maximum Gasteiger partial charge on any atom is 0.191 e. The largest absolute Gasteiger partial charge is 0.385 e. The predicted molar refractivity (Wildman–Crippen MR) is 105 cm³/mol. The van der Waals surface area contributed by atoms with Crippen molar-refractivity contribution in [2.24, 2.45) is 10.4 Å². The van der Waals surface area contributed by atoms with Crippen LogP contribution in [0.2, 0.25) is 0 Å². The molecule has 0 aromatic rings. The van der Waals surface area contributed by atoms with E-state index in [1.165, 1.54) is 19.3 Å². The number of halogens is 1. The van der Waals surface area contributed by atoms with E-state index >= 15 is 0 Å². The Morgan fingerprint density at radius 3 is 2.32 bits per heavy atom. The number of methoxy groups -OCH3 is 1. The summed E-state index contributed by atoms with van der Waals surface area (Å²) in [5, 5.41) is 10.3. The van der Waals surface area contributed by atoms with Gasteiger partial charge in [-0.3, -0.25) is 4.99 Å². The van der Waals surface area contributed by atoms with Gasteiger partial charge in [0, 0.05) is 45.9 Å². The van der Waals surface area contributed by atoms with Crippen molar-refractivity contribution in [3.63, 3.8) is 0 Å². The van der Waals surface area contributed by atoms with Crippen LogP contribution in [0.4, 0.5) is 0 Å². The molecule has 0 aromatic heterocycles. The maximum atomic E-state index is 5.24. The zero-order valence-electron chi connectivity index (χ0n) is 14.9. The van der Waals surface area contributed by atoms with E-state index in [0.717, 1.165) is 38.6 Å². The molecule has 0 saturated heterocycles. The van der Waals surface area contributed by atoms with Crippen LogP contribution < -0.4 is 16.0 Å². The van der Waals surface area contributed by atoms with Gasteiger partial charge in [0.2, 0.25) is 0 Å². The van der Waals surface area contributed by atoms with Crippen molar-refractivity contribution in [2.75, 3.05) is 40.4 Å². The van der Waals surface area contributed by atoms with Crippen molar-refractivity contribution >= 4 is 29.9 Å². The Balaban J connectivity index is 0.00000441. The minimum atomic E-state index is 0. The third-order valence-corrected chi connectivity index (χ3v) is 4.18. The summed E-state index contributed by atoms with van der Waals surface area (Å²) in [6, 6.07) is 0. The van der Waals surface area contributed by atoms with Crippen LogP contribution in [-0.4, -0.2) is 51.9 Å². The summed E-state index contributed by atoms with van der Waals surface area (Å²) in [4.78, 5) is 4.30. The topological polar surface area (TPSA) is 57.7 Å². The molecule has 1 rings (SSSR count). The second kappa shape index (κ2) is 10.6. The molecular weight excluding hydrogens is 391 g/mol. The molecule has 3 N–H and O–H groups in total. The third kappa shape index (κ3) is 8.53. The Morgan fingerprint density at radius 2 is 1.86 bits per heavy atom. The van der Waals surface area contributed by atoms with E-state index in [-0.39, 0.29) is 29.5 Å². The first-order valence-corrected chi connectivity index (χ1v) is 8.09. The summed E-state index contributed by atoms with van der Waals surface area (Å²) in [6.45, 7) is 10.2. The van der Waals surface area contributed by atoms with E-state index in [0.29, 0.717) is 5.41 Å². The molecule has 132 valence electrons. The number of nitrogens with zero attached hydrogens (tertiary/aromatic N) is 1. The van der Waals surface area contributed by atoms with Crippen LogP contribution in [-0.2, 0) is 4.74 Å². The lowest BCUT2D eigenvalue weighted by Crippen LogP contribution is -2.48. The van der Waals surface area contributed by atoms with Crippen LogP contribution in [0.5, 0.6) is 0 Å². The number of rotatable bonds is 8. The van der Waals surface area contributed by atoms with Gasteiger partial charge in [-0.15, -0.1) is 24.0 Å². The van der Waals surface area contributed by atoms with E-state index < -0.39 is 0 Å². The molecular formula is C16H35IN4O. The molecule has 0 radical (unpaired) electrons. The normalized spacial score (nSPS) is 17.4. The van der Waals surface area contributed by atoms with Crippen molar-refractivity contribution in [2.45, 2.75) is 52.0 Å². The molecule has 0 atom stereocenters.